The van der Waals surface area contributed by atoms with Crippen LogP contribution >= 0.6 is 11.3 Å². The largest absolute Gasteiger partial charge is 0.380 e. The Morgan fingerprint density at radius 2 is 1.88 bits per heavy atom. The maximum absolute atomic E-state index is 14.5. The van der Waals surface area contributed by atoms with E-state index in [2.05, 4.69) is 4.99 Å². The summed E-state index contributed by atoms with van der Waals surface area (Å²) in [5, 5.41) is 0. The normalized spacial score (nSPS) is 12.9. The molecule has 33 heavy (non-hydrogen) atoms. The molecule has 0 aliphatic carbocycles. The van der Waals surface area contributed by atoms with Gasteiger partial charge in [-0.15, -0.1) is 0 Å². The van der Waals surface area contributed by atoms with Crippen LogP contribution in [-0.2, 0) is 21.3 Å². The van der Waals surface area contributed by atoms with Crippen LogP contribution in [0.1, 0.15) is 31.1 Å². The van der Waals surface area contributed by atoms with E-state index in [0.717, 1.165) is 17.4 Å². The Bertz CT molecular complexity index is 1330. The molecule has 0 bridgehead atoms. The number of halogens is 2. The smallest absolute Gasteiger partial charge is 0.279 e. The number of hydrogen-bond acceptors (Lipinski definition) is 5. The Labute approximate surface area is 195 Å². The molecule has 1 aromatic heterocycles. The van der Waals surface area contributed by atoms with E-state index < -0.39 is 27.6 Å². The molecular weight excluding hydrogens is 472 g/mol. The first-order valence-electron chi connectivity index (χ1n) is 10.3. The van der Waals surface area contributed by atoms with Crippen LogP contribution < -0.4 is 4.80 Å². The molecule has 0 aliphatic rings. The van der Waals surface area contributed by atoms with Crippen molar-refractivity contribution in [2.24, 2.45) is 4.99 Å². The van der Waals surface area contributed by atoms with E-state index in [0.29, 0.717) is 11.3 Å². The second kappa shape index (κ2) is 10.2. The summed E-state index contributed by atoms with van der Waals surface area (Å²) in [6.07, 6.45) is 0. The number of nitrogens with zero attached hydrogens (tertiary/aromatic N) is 3. The van der Waals surface area contributed by atoms with Crippen molar-refractivity contribution in [1.82, 2.24) is 8.87 Å². The third-order valence-electron chi connectivity index (χ3n) is 5.06. The predicted molar refractivity (Wildman–Crippen MR) is 123 cm³/mol. The van der Waals surface area contributed by atoms with Gasteiger partial charge in [0.05, 0.1) is 21.7 Å². The van der Waals surface area contributed by atoms with Gasteiger partial charge >= 0.3 is 0 Å². The van der Waals surface area contributed by atoms with Gasteiger partial charge in [-0.3, -0.25) is 4.79 Å². The molecule has 3 aromatic rings. The molecule has 11 heteroatoms. The SMILES string of the molecule is CCOCCn1c(=NC(=O)c2ccc(S(=O)(=O)N(C)C(C)C)cc2)sc2cc(F)cc(F)c21. The Morgan fingerprint density at radius 3 is 2.48 bits per heavy atom. The Balaban J connectivity index is 2.01. The summed E-state index contributed by atoms with van der Waals surface area (Å²) in [6, 6.07) is 7.20. The van der Waals surface area contributed by atoms with Crippen LogP contribution in [0.2, 0.25) is 0 Å². The van der Waals surface area contributed by atoms with Gasteiger partial charge in [-0.05, 0) is 51.1 Å². The van der Waals surface area contributed by atoms with E-state index in [1.165, 1.54) is 46.3 Å². The lowest BCUT2D eigenvalue weighted by molar-refractivity contribution is 0.0996. The van der Waals surface area contributed by atoms with Crippen molar-refractivity contribution in [3.8, 4) is 0 Å². The van der Waals surface area contributed by atoms with Crippen LogP contribution in [0.3, 0.4) is 0 Å². The molecule has 178 valence electrons. The lowest BCUT2D eigenvalue weighted by Gasteiger charge is -2.20. The highest BCUT2D eigenvalue weighted by Crippen LogP contribution is 2.23. The Kier molecular flexibility index (Phi) is 7.78. The molecule has 0 aliphatic heterocycles. The lowest BCUT2D eigenvalue weighted by Crippen LogP contribution is -2.33. The van der Waals surface area contributed by atoms with E-state index in [1.807, 2.05) is 6.92 Å². The van der Waals surface area contributed by atoms with Crippen LogP contribution in [0, 0.1) is 11.6 Å². The van der Waals surface area contributed by atoms with Crippen molar-refractivity contribution in [3.63, 3.8) is 0 Å². The maximum atomic E-state index is 14.5. The number of carbonyl (C=O) groups is 1. The molecule has 0 spiro atoms. The van der Waals surface area contributed by atoms with Crippen LogP contribution in [0.4, 0.5) is 8.78 Å². The van der Waals surface area contributed by atoms with E-state index in [1.54, 1.807) is 13.8 Å². The molecule has 0 saturated carbocycles. The van der Waals surface area contributed by atoms with E-state index in [9.17, 15) is 22.0 Å². The zero-order valence-corrected chi connectivity index (χ0v) is 20.3. The number of thiazole rings is 1. The minimum atomic E-state index is -3.69. The molecule has 0 saturated heterocycles. The summed E-state index contributed by atoms with van der Waals surface area (Å²) in [6.45, 7) is 6.29. The van der Waals surface area contributed by atoms with Crippen molar-refractivity contribution in [2.75, 3.05) is 20.3 Å². The molecule has 0 unspecified atom stereocenters. The molecule has 0 atom stereocenters. The zero-order chi connectivity index (χ0) is 24.3. The quantitative estimate of drug-likeness (QED) is 0.444. The van der Waals surface area contributed by atoms with E-state index in [4.69, 9.17) is 4.74 Å². The molecule has 2 aromatic carbocycles. The first kappa shape index (κ1) is 25.2. The van der Waals surface area contributed by atoms with Crippen molar-refractivity contribution in [1.29, 1.82) is 0 Å². The molecule has 7 nitrogen and oxygen atoms in total. The number of ether oxygens (including phenoxy) is 1. The van der Waals surface area contributed by atoms with Gasteiger partial charge in [0.25, 0.3) is 5.91 Å². The summed E-state index contributed by atoms with van der Waals surface area (Å²) in [7, 11) is -2.20. The van der Waals surface area contributed by atoms with E-state index >= 15 is 0 Å². The van der Waals surface area contributed by atoms with E-state index in [-0.39, 0.29) is 40.0 Å². The van der Waals surface area contributed by atoms with Crippen molar-refractivity contribution in [3.05, 3.63) is 58.4 Å². The monoisotopic (exact) mass is 497 g/mol. The van der Waals surface area contributed by atoms with Gasteiger partial charge in [-0.2, -0.15) is 9.30 Å². The maximum Gasteiger partial charge on any atom is 0.279 e. The predicted octanol–water partition coefficient (Wildman–Crippen LogP) is 3.79. The van der Waals surface area contributed by atoms with Crippen LogP contribution in [0.5, 0.6) is 0 Å². The Morgan fingerprint density at radius 1 is 1.21 bits per heavy atom. The lowest BCUT2D eigenvalue weighted by atomic mass is 10.2. The van der Waals surface area contributed by atoms with Crippen LogP contribution in [-0.4, -0.2) is 49.5 Å². The van der Waals surface area contributed by atoms with Gasteiger partial charge in [0.15, 0.2) is 10.6 Å². The Hall–Kier alpha value is -2.47. The average molecular weight is 498 g/mol. The summed E-state index contributed by atoms with van der Waals surface area (Å²) >= 11 is 0.985. The number of sulfonamides is 1. The zero-order valence-electron chi connectivity index (χ0n) is 18.7. The highest BCUT2D eigenvalue weighted by Gasteiger charge is 2.23. The number of benzene rings is 2. The fraction of sp³-hybridized carbons (Fsp3) is 0.364. The van der Waals surface area contributed by atoms with Crippen molar-refractivity contribution in [2.45, 2.75) is 38.3 Å². The fourth-order valence-corrected chi connectivity index (χ4v) is 5.55. The summed E-state index contributed by atoms with van der Waals surface area (Å²) in [4.78, 5) is 17.2. The number of aromatic nitrogens is 1. The highest BCUT2D eigenvalue weighted by atomic mass is 32.2. The second-order valence-corrected chi connectivity index (χ2v) is 10.5. The molecular formula is C22H25F2N3O4S2. The molecule has 1 heterocycles. The fourth-order valence-electron chi connectivity index (χ4n) is 3.09. The number of hydrogen-bond donors (Lipinski definition) is 0. The molecule has 1 amide bonds. The van der Waals surface area contributed by atoms with Gasteiger partial charge in [0.2, 0.25) is 10.0 Å². The molecule has 0 N–H and O–H groups in total. The van der Waals surface area contributed by atoms with Crippen molar-refractivity contribution < 1.29 is 26.7 Å². The van der Waals surface area contributed by atoms with Gasteiger partial charge in [0.1, 0.15) is 5.82 Å². The third-order valence-corrected chi connectivity index (χ3v) is 8.13. The summed E-state index contributed by atoms with van der Waals surface area (Å²) in [5.41, 5.74) is 0.312. The molecule has 3 rings (SSSR count). The standard InChI is InChI=1S/C22H25F2N3O4S2/c1-5-31-11-10-27-20-18(24)12-16(23)13-19(20)32-22(27)25-21(28)15-6-8-17(9-7-15)33(29,30)26(4)14(2)3/h6-9,12-14H,5,10-11H2,1-4H3. The number of amides is 1. The average Bonchev–Trinajstić information content (AvgIpc) is 3.10. The molecule has 0 radical (unpaired) electrons. The highest BCUT2D eigenvalue weighted by molar-refractivity contribution is 7.89. The van der Waals surface area contributed by atoms with Crippen LogP contribution in [0.15, 0.2) is 46.3 Å². The summed E-state index contributed by atoms with van der Waals surface area (Å²) < 4.78 is 61.8. The van der Waals surface area contributed by atoms with Gasteiger partial charge < -0.3 is 9.30 Å². The minimum Gasteiger partial charge on any atom is -0.380 e. The third kappa shape index (κ3) is 5.37. The first-order valence-corrected chi connectivity index (χ1v) is 12.5. The van der Waals surface area contributed by atoms with Gasteiger partial charge in [0, 0.05) is 37.9 Å². The topological polar surface area (TPSA) is 81.0 Å². The number of rotatable bonds is 8. The van der Waals surface area contributed by atoms with Gasteiger partial charge in [-0.1, -0.05) is 11.3 Å². The summed E-state index contributed by atoms with van der Waals surface area (Å²) in [5.74, 6) is -2.11. The minimum absolute atomic E-state index is 0.0569. The molecule has 0 fully saturated rings. The second-order valence-electron chi connectivity index (χ2n) is 7.52. The number of fused-ring (bicyclic) bond motifs is 1. The van der Waals surface area contributed by atoms with Crippen molar-refractivity contribution >= 4 is 37.5 Å². The van der Waals surface area contributed by atoms with Gasteiger partial charge in [-0.25, -0.2) is 17.2 Å². The van der Waals surface area contributed by atoms with Crippen LogP contribution in [0.25, 0.3) is 10.2 Å². The first-order chi connectivity index (χ1) is 15.6. The number of carbonyl (C=O) groups excluding carboxylic acids is 1.